The average molecular weight is 336 g/mol. The van der Waals surface area contributed by atoms with Gasteiger partial charge >= 0.3 is 0 Å². The molecule has 0 bridgehead atoms. The summed E-state index contributed by atoms with van der Waals surface area (Å²) in [5, 5.41) is 13.4. The number of nitrogens with zero attached hydrogens (tertiary/aromatic N) is 1. The molecule has 6 nitrogen and oxygen atoms in total. The molecule has 1 amide bonds. The van der Waals surface area contributed by atoms with Crippen molar-refractivity contribution in [3.63, 3.8) is 0 Å². The Bertz CT molecular complexity index is 781. The Hall–Kier alpha value is -3.03. The SMILES string of the molecule is CCOc1ccccc1CNC(=O)c1cc(F)c(F)cc1[N+](=O)[O-]. The highest BCUT2D eigenvalue weighted by atomic mass is 19.2. The second kappa shape index (κ2) is 7.49. The van der Waals surface area contributed by atoms with Crippen molar-refractivity contribution < 1.29 is 23.2 Å². The first-order valence-corrected chi connectivity index (χ1v) is 7.06. The van der Waals surface area contributed by atoms with E-state index in [2.05, 4.69) is 5.32 Å². The second-order valence-electron chi connectivity index (χ2n) is 4.76. The Morgan fingerprint density at radius 2 is 1.92 bits per heavy atom. The summed E-state index contributed by atoms with van der Waals surface area (Å²) in [5.74, 6) is -3.05. The highest BCUT2D eigenvalue weighted by Gasteiger charge is 2.23. The number of nitrogens with one attached hydrogen (secondary N) is 1. The minimum Gasteiger partial charge on any atom is -0.494 e. The quantitative estimate of drug-likeness (QED) is 0.649. The minimum atomic E-state index is -1.39. The van der Waals surface area contributed by atoms with Crippen molar-refractivity contribution in [3.05, 3.63) is 69.3 Å². The van der Waals surface area contributed by atoms with Crippen molar-refractivity contribution in [3.8, 4) is 5.75 Å². The molecule has 0 aliphatic rings. The van der Waals surface area contributed by atoms with E-state index in [1.807, 2.05) is 0 Å². The number of carbonyl (C=O) groups excluding carboxylic acids is 1. The number of nitro groups is 1. The van der Waals surface area contributed by atoms with E-state index in [0.717, 1.165) is 0 Å². The lowest BCUT2D eigenvalue weighted by Crippen LogP contribution is -2.24. The molecule has 1 N–H and O–H groups in total. The van der Waals surface area contributed by atoms with Gasteiger partial charge < -0.3 is 10.1 Å². The van der Waals surface area contributed by atoms with Crippen LogP contribution in [0.2, 0.25) is 0 Å². The van der Waals surface area contributed by atoms with Gasteiger partial charge in [-0.3, -0.25) is 14.9 Å². The zero-order valence-corrected chi connectivity index (χ0v) is 12.7. The van der Waals surface area contributed by atoms with Crippen molar-refractivity contribution >= 4 is 11.6 Å². The maximum Gasteiger partial charge on any atom is 0.285 e. The molecule has 0 radical (unpaired) electrons. The van der Waals surface area contributed by atoms with E-state index >= 15 is 0 Å². The molecule has 0 aromatic heterocycles. The fraction of sp³-hybridized carbons (Fsp3) is 0.188. The molecule has 2 aromatic rings. The van der Waals surface area contributed by atoms with Gasteiger partial charge in [-0.2, -0.15) is 0 Å². The number of ether oxygens (including phenoxy) is 1. The molecule has 0 saturated heterocycles. The predicted molar refractivity (Wildman–Crippen MR) is 81.8 cm³/mol. The van der Waals surface area contributed by atoms with Gasteiger partial charge in [0.15, 0.2) is 11.6 Å². The fourth-order valence-corrected chi connectivity index (χ4v) is 2.09. The molecule has 0 saturated carbocycles. The molecule has 0 fully saturated rings. The Morgan fingerprint density at radius 3 is 2.58 bits per heavy atom. The van der Waals surface area contributed by atoms with Crippen LogP contribution in [0.5, 0.6) is 5.75 Å². The number of hydrogen-bond acceptors (Lipinski definition) is 4. The van der Waals surface area contributed by atoms with Crippen LogP contribution in [0.25, 0.3) is 0 Å². The number of carbonyl (C=O) groups is 1. The molecule has 0 aliphatic heterocycles. The van der Waals surface area contributed by atoms with Crippen LogP contribution in [0.3, 0.4) is 0 Å². The van der Waals surface area contributed by atoms with Gasteiger partial charge in [-0.15, -0.1) is 0 Å². The lowest BCUT2D eigenvalue weighted by Gasteiger charge is -2.11. The van der Waals surface area contributed by atoms with Gasteiger partial charge in [0.05, 0.1) is 17.6 Å². The summed E-state index contributed by atoms with van der Waals surface area (Å²) in [6.45, 7) is 2.25. The monoisotopic (exact) mass is 336 g/mol. The van der Waals surface area contributed by atoms with Crippen LogP contribution in [0.1, 0.15) is 22.8 Å². The van der Waals surface area contributed by atoms with Gasteiger partial charge in [0.1, 0.15) is 11.3 Å². The molecule has 0 unspecified atom stereocenters. The van der Waals surface area contributed by atoms with Crippen LogP contribution in [-0.2, 0) is 6.54 Å². The predicted octanol–water partition coefficient (Wildman–Crippen LogP) is 3.20. The van der Waals surface area contributed by atoms with Crippen molar-refractivity contribution in [2.75, 3.05) is 6.61 Å². The van der Waals surface area contributed by atoms with E-state index in [0.29, 0.717) is 30.1 Å². The Kier molecular flexibility index (Phi) is 5.41. The first kappa shape index (κ1) is 17.3. The summed E-state index contributed by atoms with van der Waals surface area (Å²) in [7, 11) is 0. The van der Waals surface area contributed by atoms with E-state index in [9.17, 15) is 23.7 Å². The lowest BCUT2D eigenvalue weighted by molar-refractivity contribution is -0.385. The Labute approximate surface area is 136 Å². The maximum absolute atomic E-state index is 13.3. The van der Waals surface area contributed by atoms with Crippen LogP contribution in [0, 0.1) is 21.7 Å². The van der Waals surface area contributed by atoms with E-state index in [1.165, 1.54) is 0 Å². The van der Waals surface area contributed by atoms with Crippen molar-refractivity contribution in [2.45, 2.75) is 13.5 Å². The summed E-state index contributed by atoms with van der Waals surface area (Å²) >= 11 is 0. The van der Waals surface area contributed by atoms with Gasteiger partial charge in [0.25, 0.3) is 11.6 Å². The number of para-hydroxylation sites is 1. The summed E-state index contributed by atoms with van der Waals surface area (Å²) in [6.07, 6.45) is 0. The lowest BCUT2D eigenvalue weighted by atomic mass is 10.1. The van der Waals surface area contributed by atoms with E-state index in [-0.39, 0.29) is 6.54 Å². The zero-order chi connectivity index (χ0) is 17.7. The molecular weight excluding hydrogens is 322 g/mol. The molecular formula is C16H14F2N2O4. The Balaban J connectivity index is 2.22. The van der Waals surface area contributed by atoms with Gasteiger partial charge in [-0.1, -0.05) is 18.2 Å². The first-order valence-electron chi connectivity index (χ1n) is 7.06. The topological polar surface area (TPSA) is 81.5 Å². The van der Waals surface area contributed by atoms with Crippen LogP contribution in [-0.4, -0.2) is 17.4 Å². The molecule has 0 heterocycles. The fourth-order valence-electron chi connectivity index (χ4n) is 2.09. The molecule has 0 aliphatic carbocycles. The summed E-state index contributed by atoms with van der Waals surface area (Å²) in [4.78, 5) is 22.1. The van der Waals surface area contributed by atoms with Crippen molar-refractivity contribution in [1.29, 1.82) is 0 Å². The Morgan fingerprint density at radius 1 is 1.25 bits per heavy atom. The highest BCUT2D eigenvalue weighted by Crippen LogP contribution is 2.23. The highest BCUT2D eigenvalue weighted by molar-refractivity contribution is 5.98. The number of halogens is 2. The largest absolute Gasteiger partial charge is 0.494 e. The minimum absolute atomic E-state index is 0.0190. The first-order chi connectivity index (χ1) is 11.4. The normalized spacial score (nSPS) is 10.3. The smallest absolute Gasteiger partial charge is 0.285 e. The van der Waals surface area contributed by atoms with Crippen LogP contribution in [0.4, 0.5) is 14.5 Å². The third-order valence-corrected chi connectivity index (χ3v) is 3.19. The van der Waals surface area contributed by atoms with E-state index in [1.54, 1.807) is 31.2 Å². The molecule has 2 rings (SSSR count). The number of nitro benzene ring substituents is 1. The van der Waals surface area contributed by atoms with Crippen LogP contribution in [0.15, 0.2) is 36.4 Å². The third-order valence-electron chi connectivity index (χ3n) is 3.19. The molecule has 0 atom stereocenters. The standard InChI is InChI=1S/C16H14F2N2O4/c1-2-24-15-6-4-3-5-10(15)9-19-16(21)11-7-12(17)13(18)8-14(11)20(22)23/h3-8H,2,9H2,1H3,(H,19,21). The average Bonchev–Trinajstić information content (AvgIpc) is 2.56. The summed E-state index contributed by atoms with van der Waals surface area (Å²) in [5.41, 5.74) is -0.699. The van der Waals surface area contributed by atoms with E-state index in [4.69, 9.17) is 4.74 Å². The maximum atomic E-state index is 13.3. The number of benzene rings is 2. The molecule has 8 heteroatoms. The van der Waals surface area contributed by atoms with Gasteiger partial charge in [0.2, 0.25) is 0 Å². The number of amides is 1. The third kappa shape index (κ3) is 3.83. The van der Waals surface area contributed by atoms with Gasteiger partial charge in [-0.25, -0.2) is 8.78 Å². The molecule has 2 aromatic carbocycles. The van der Waals surface area contributed by atoms with E-state index < -0.39 is 33.7 Å². The molecule has 24 heavy (non-hydrogen) atoms. The van der Waals surface area contributed by atoms with Gasteiger partial charge in [-0.05, 0) is 19.1 Å². The second-order valence-corrected chi connectivity index (χ2v) is 4.76. The summed E-state index contributed by atoms with van der Waals surface area (Å²) in [6, 6.07) is 7.83. The number of hydrogen-bond donors (Lipinski definition) is 1. The van der Waals surface area contributed by atoms with Crippen molar-refractivity contribution in [1.82, 2.24) is 5.32 Å². The van der Waals surface area contributed by atoms with Crippen molar-refractivity contribution in [2.24, 2.45) is 0 Å². The van der Waals surface area contributed by atoms with Gasteiger partial charge in [0, 0.05) is 12.1 Å². The molecule has 0 spiro atoms. The number of rotatable bonds is 6. The van der Waals surface area contributed by atoms with Crippen LogP contribution >= 0.6 is 0 Å². The summed E-state index contributed by atoms with van der Waals surface area (Å²) < 4.78 is 31.9. The van der Waals surface area contributed by atoms with Crippen LogP contribution < -0.4 is 10.1 Å². The zero-order valence-electron chi connectivity index (χ0n) is 12.7. The molecule has 126 valence electrons.